The molecule has 1 fully saturated rings. The fraction of sp³-hybridized carbons (Fsp3) is 0.462. The van der Waals surface area contributed by atoms with Gasteiger partial charge in [0.1, 0.15) is 0 Å². The maximum absolute atomic E-state index is 13.2. The molecule has 1 aromatic carbocycles. The number of nitrogens with one attached hydrogen (secondary N) is 1. The first-order valence-electron chi connectivity index (χ1n) is 6.21. The summed E-state index contributed by atoms with van der Waals surface area (Å²) in [5.41, 5.74) is 6.09. The summed E-state index contributed by atoms with van der Waals surface area (Å²) in [6.45, 7) is 3.45. The van der Waals surface area contributed by atoms with Crippen LogP contribution in [0.5, 0.6) is 0 Å². The smallest absolute Gasteiger partial charge is 0.318 e. The average Bonchev–Trinajstić information content (AvgIpc) is 2.74. The van der Waals surface area contributed by atoms with Gasteiger partial charge < -0.3 is 16.0 Å². The Bertz CT molecular complexity index is 481. The predicted molar refractivity (Wildman–Crippen MR) is 67.4 cm³/mol. The Morgan fingerprint density at radius 2 is 2.21 bits per heavy atom. The van der Waals surface area contributed by atoms with E-state index in [-0.39, 0.29) is 18.0 Å². The molecule has 6 heteroatoms. The topological polar surface area (TPSA) is 58.4 Å². The largest absolute Gasteiger partial charge is 0.330 e. The molecule has 0 bridgehead atoms. The fourth-order valence-corrected chi connectivity index (χ4v) is 2.12. The summed E-state index contributed by atoms with van der Waals surface area (Å²) in [5, 5.41) is 2.75. The van der Waals surface area contributed by atoms with E-state index < -0.39 is 11.6 Å². The van der Waals surface area contributed by atoms with Crippen LogP contribution in [0.4, 0.5) is 13.6 Å². The van der Waals surface area contributed by atoms with E-state index in [0.29, 0.717) is 25.2 Å². The van der Waals surface area contributed by atoms with Crippen LogP contribution in [0.25, 0.3) is 0 Å². The minimum absolute atomic E-state index is 0.199. The third-order valence-electron chi connectivity index (χ3n) is 3.27. The maximum atomic E-state index is 13.2. The zero-order valence-corrected chi connectivity index (χ0v) is 10.7. The van der Waals surface area contributed by atoms with Crippen molar-refractivity contribution in [1.29, 1.82) is 0 Å². The van der Waals surface area contributed by atoms with Crippen molar-refractivity contribution in [3.8, 4) is 0 Å². The number of amides is 2. The number of carbonyl (C=O) groups is 1. The van der Waals surface area contributed by atoms with Gasteiger partial charge in [-0.15, -0.1) is 0 Å². The van der Waals surface area contributed by atoms with E-state index in [1.54, 1.807) is 4.90 Å². The highest BCUT2D eigenvalue weighted by molar-refractivity contribution is 5.77. The number of rotatable bonds is 4. The lowest BCUT2D eigenvalue weighted by Gasteiger charge is -2.18. The Labute approximate surface area is 110 Å². The molecule has 2 amide bonds. The van der Waals surface area contributed by atoms with Crippen molar-refractivity contribution >= 4 is 6.03 Å². The monoisotopic (exact) mass is 269 g/mol. The van der Waals surface area contributed by atoms with Crippen molar-refractivity contribution in [2.24, 2.45) is 11.7 Å². The van der Waals surface area contributed by atoms with Gasteiger partial charge in [0.05, 0.1) is 6.04 Å². The summed E-state index contributed by atoms with van der Waals surface area (Å²) in [6, 6.07) is 3.17. The van der Waals surface area contributed by atoms with Gasteiger partial charge in [0.2, 0.25) is 0 Å². The van der Waals surface area contributed by atoms with E-state index in [2.05, 4.69) is 5.32 Å². The number of nitrogens with two attached hydrogens (primary N) is 1. The third kappa shape index (κ3) is 3.01. The second-order valence-corrected chi connectivity index (χ2v) is 4.92. The Hall–Kier alpha value is -1.69. The van der Waals surface area contributed by atoms with Gasteiger partial charge in [0.25, 0.3) is 0 Å². The SMILES string of the molecule is CC(CN)CN1CC(c2ccc(F)c(F)c2)NC1=O. The minimum atomic E-state index is -0.902. The van der Waals surface area contributed by atoms with Crippen molar-refractivity contribution in [3.63, 3.8) is 0 Å². The van der Waals surface area contributed by atoms with Crippen LogP contribution in [0.2, 0.25) is 0 Å². The number of urea groups is 1. The first-order chi connectivity index (χ1) is 9.01. The average molecular weight is 269 g/mol. The van der Waals surface area contributed by atoms with Crippen LogP contribution in [0, 0.1) is 17.6 Å². The normalized spacial score (nSPS) is 20.5. The number of halogens is 2. The lowest BCUT2D eigenvalue weighted by molar-refractivity contribution is 0.211. The van der Waals surface area contributed by atoms with Gasteiger partial charge in [-0.05, 0) is 30.2 Å². The molecule has 1 aliphatic heterocycles. The predicted octanol–water partition coefficient (Wildman–Crippen LogP) is 1.63. The van der Waals surface area contributed by atoms with Gasteiger partial charge in [-0.1, -0.05) is 13.0 Å². The molecule has 2 rings (SSSR count). The van der Waals surface area contributed by atoms with Gasteiger partial charge in [0, 0.05) is 13.1 Å². The van der Waals surface area contributed by atoms with E-state index in [1.165, 1.54) is 6.07 Å². The zero-order chi connectivity index (χ0) is 14.0. The summed E-state index contributed by atoms with van der Waals surface area (Å²) in [6.07, 6.45) is 0. The molecule has 0 aliphatic carbocycles. The summed E-state index contributed by atoms with van der Waals surface area (Å²) in [7, 11) is 0. The number of benzene rings is 1. The zero-order valence-electron chi connectivity index (χ0n) is 10.7. The van der Waals surface area contributed by atoms with E-state index in [4.69, 9.17) is 5.73 Å². The first-order valence-corrected chi connectivity index (χ1v) is 6.21. The van der Waals surface area contributed by atoms with E-state index >= 15 is 0 Å². The third-order valence-corrected chi connectivity index (χ3v) is 3.27. The standard InChI is InChI=1S/C13H17F2N3O/c1-8(5-16)6-18-7-12(17-13(18)19)9-2-3-10(14)11(15)4-9/h2-4,8,12H,5-7,16H2,1H3,(H,17,19). The molecule has 4 nitrogen and oxygen atoms in total. The lowest BCUT2D eigenvalue weighted by atomic mass is 10.1. The number of carbonyl (C=O) groups excluding carboxylic acids is 1. The molecule has 2 unspecified atom stereocenters. The van der Waals surface area contributed by atoms with E-state index in [9.17, 15) is 13.6 Å². The van der Waals surface area contributed by atoms with Crippen molar-refractivity contribution in [1.82, 2.24) is 10.2 Å². The number of hydrogen-bond donors (Lipinski definition) is 2. The summed E-state index contributed by atoms with van der Waals surface area (Å²) < 4.78 is 26.0. The summed E-state index contributed by atoms with van der Waals surface area (Å²) >= 11 is 0. The molecule has 0 radical (unpaired) electrons. The van der Waals surface area contributed by atoms with Crippen molar-refractivity contribution in [2.75, 3.05) is 19.6 Å². The van der Waals surface area contributed by atoms with Gasteiger partial charge in [-0.2, -0.15) is 0 Å². The van der Waals surface area contributed by atoms with Gasteiger partial charge in [-0.3, -0.25) is 0 Å². The summed E-state index contributed by atoms with van der Waals surface area (Å²) in [4.78, 5) is 13.4. The van der Waals surface area contributed by atoms with Gasteiger partial charge in [0.15, 0.2) is 11.6 Å². The number of nitrogens with zero attached hydrogens (tertiary/aromatic N) is 1. The molecule has 1 aromatic rings. The highest BCUT2D eigenvalue weighted by Gasteiger charge is 2.30. The fourth-order valence-electron chi connectivity index (χ4n) is 2.12. The second-order valence-electron chi connectivity index (χ2n) is 4.92. The highest BCUT2D eigenvalue weighted by atomic mass is 19.2. The van der Waals surface area contributed by atoms with Crippen LogP contribution >= 0.6 is 0 Å². The Morgan fingerprint density at radius 3 is 2.84 bits per heavy atom. The highest BCUT2D eigenvalue weighted by Crippen LogP contribution is 2.22. The van der Waals surface area contributed by atoms with E-state index in [0.717, 1.165) is 12.1 Å². The molecule has 0 spiro atoms. The van der Waals surface area contributed by atoms with Crippen LogP contribution in [0.1, 0.15) is 18.5 Å². The van der Waals surface area contributed by atoms with Crippen LogP contribution in [0.3, 0.4) is 0 Å². The molecule has 1 heterocycles. The molecule has 0 saturated carbocycles. The Morgan fingerprint density at radius 1 is 1.47 bits per heavy atom. The van der Waals surface area contributed by atoms with E-state index in [1.807, 2.05) is 6.92 Å². The quantitative estimate of drug-likeness (QED) is 0.872. The lowest BCUT2D eigenvalue weighted by Crippen LogP contribution is -2.34. The molecule has 1 aliphatic rings. The van der Waals surface area contributed by atoms with Crippen LogP contribution in [-0.2, 0) is 0 Å². The first kappa shape index (κ1) is 13.7. The van der Waals surface area contributed by atoms with Gasteiger partial charge >= 0.3 is 6.03 Å². The molecule has 3 N–H and O–H groups in total. The molecule has 2 atom stereocenters. The maximum Gasteiger partial charge on any atom is 0.318 e. The van der Waals surface area contributed by atoms with Crippen LogP contribution < -0.4 is 11.1 Å². The molecule has 1 saturated heterocycles. The minimum Gasteiger partial charge on any atom is -0.330 e. The second kappa shape index (κ2) is 5.52. The Kier molecular flexibility index (Phi) is 3.99. The molecule has 0 aromatic heterocycles. The number of hydrogen-bond acceptors (Lipinski definition) is 2. The Balaban J connectivity index is 2.07. The summed E-state index contributed by atoms with van der Waals surface area (Å²) in [5.74, 6) is -1.59. The van der Waals surface area contributed by atoms with Gasteiger partial charge in [-0.25, -0.2) is 13.6 Å². The van der Waals surface area contributed by atoms with Crippen molar-refractivity contribution in [2.45, 2.75) is 13.0 Å². The van der Waals surface area contributed by atoms with Crippen molar-refractivity contribution in [3.05, 3.63) is 35.4 Å². The van der Waals surface area contributed by atoms with Crippen molar-refractivity contribution < 1.29 is 13.6 Å². The van der Waals surface area contributed by atoms with Crippen LogP contribution in [0.15, 0.2) is 18.2 Å². The molecular formula is C13H17F2N3O. The molecular weight excluding hydrogens is 252 g/mol. The molecule has 19 heavy (non-hydrogen) atoms. The van der Waals surface area contributed by atoms with Crippen LogP contribution in [-0.4, -0.2) is 30.6 Å². The molecule has 104 valence electrons.